The molecule has 1 atom stereocenters. The smallest absolute Gasteiger partial charge is 0.265 e. The molecule has 0 fully saturated rings. The Morgan fingerprint density at radius 1 is 0.953 bits per heavy atom. The van der Waals surface area contributed by atoms with Crippen molar-refractivity contribution in [3.8, 4) is 0 Å². The van der Waals surface area contributed by atoms with Crippen LogP contribution in [0.1, 0.15) is 37.3 Å². The van der Waals surface area contributed by atoms with Gasteiger partial charge in [-0.15, -0.1) is 0 Å². The van der Waals surface area contributed by atoms with Crippen molar-refractivity contribution < 1.29 is 18.0 Å². The first kappa shape index (κ1) is 30.9. The third-order valence-electron chi connectivity index (χ3n) is 7.61. The summed E-state index contributed by atoms with van der Waals surface area (Å²) in [5.41, 5.74) is 2.18. The van der Waals surface area contributed by atoms with E-state index >= 15 is 0 Å². The average molecular weight is 639 g/mol. The molecular weight excluding hydrogens is 605 g/mol. The van der Waals surface area contributed by atoms with E-state index in [9.17, 15) is 18.0 Å². The van der Waals surface area contributed by atoms with E-state index in [0.717, 1.165) is 17.4 Å². The van der Waals surface area contributed by atoms with Gasteiger partial charge in [0, 0.05) is 47.9 Å². The second kappa shape index (κ2) is 13.4. The monoisotopic (exact) mass is 637 g/mol. The van der Waals surface area contributed by atoms with Crippen molar-refractivity contribution in [3.05, 3.63) is 106 Å². The topological polar surface area (TPSA) is 86.8 Å². The van der Waals surface area contributed by atoms with Gasteiger partial charge in [-0.1, -0.05) is 90.8 Å². The molecule has 10 heteroatoms. The summed E-state index contributed by atoms with van der Waals surface area (Å²) in [5.74, 6) is -0.528. The van der Waals surface area contributed by atoms with Gasteiger partial charge in [0.25, 0.3) is 10.0 Å². The molecule has 1 aliphatic heterocycles. The van der Waals surface area contributed by atoms with Crippen LogP contribution in [0, 0.1) is 0 Å². The first-order chi connectivity index (χ1) is 20.7. The second-order valence-electron chi connectivity index (χ2n) is 10.6. The molecule has 43 heavy (non-hydrogen) atoms. The van der Waals surface area contributed by atoms with Gasteiger partial charge in [-0.2, -0.15) is 0 Å². The minimum atomic E-state index is -3.74. The molecule has 4 aromatic rings. The SMILES string of the molecule is CCCNC(=O)[C@@H](Cc1ccccc1)N(Cc1ccc(Cl)cc1Cl)C(=O)CCCN1c2cccc3cccc(c23)S1(=O)=O. The van der Waals surface area contributed by atoms with Crippen molar-refractivity contribution in [2.45, 2.75) is 50.1 Å². The molecule has 0 aliphatic carbocycles. The number of rotatable bonds is 12. The molecule has 4 aromatic carbocycles. The predicted molar refractivity (Wildman–Crippen MR) is 172 cm³/mol. The van der Waals surface area contributed by atoms with E-state index < -0.39 is 16.1 Å². The van der Waals surface area contributed by atoms with Crippen LogP contribution in [0.2, 0.25) is 10.0 Å². The number of nitrogens with one attached hydrogen (secondary N) is 1. The van der Waals surface area contributed by atoms with Crippen LogP contribution in [-0.4, -0.2) is 44.3 Å². The number of carbonyl (C=O) groups excluding carboxylic acids is 2. The number of carbonyl (C=O) groups is 2. The maximum atomic E-state index is 14.0. The standard InChI is InChI=1S/C33H33Cl2N3O4S/c1-2-18-36-33(40)29(20-23-9-4-3-5-10-23)37(22-25-16-17-26(34)21-27(25)35)31(39)15-8-19-38-28-13-6-11-24-12-7-14-30(32(24)28)43(38,41)42/h3-7,9-14,16-17,21,29H,2,8,15,18-20,22H2,1H3,(H,36,40)/t29-/m1/s1. The number of nitrogens with zero attached hydrogens (tertiary/aromatic N) is 2. The number of benzene rings is 4. The molecule has 0 unspecified atom stereocenters. The van der Waals surface area contributed by atoms with Gasteiger partial charge in [0.2, 0.25) is 11.8 Å². The zero-order chi connectivity index (χ0) is 30.6. The molecule has 224 valence electrons. The molecule has 1 heterocycles. The Hall–Kier alpha value is -3.59. The Kier molecular flexibility index (Phi) is 9.59. The van der Waals surface area contributed by atoms with Gasteiger partial charge in [0.1, 0.15) is 6.04 Å². The lowest BCUT2D eigenvalue weighted by molar-refractivity contribution is -0.141. The lowest BCUT2D eigenvalue weighted by Gasteiger charge is -2.32. The molecule has 0 saturated heterocycles. The highest BCUT2D eigenvalue weighted by molar-refractivity contribution is 7.93. The fraction of sp³-hybridized carbons (Fsp3) is 0.273. The highest BCUT2D eigenvalue weighted by Crippen LogP contribution is 2.42. The number of anilines is 1. The zero-order valence-electron chi connectivity index (χ0n) is 23.8. The fourth-order valence-electron chi connectivity index (χ4n) is 5.47. The van der Waals surface area contributed by atoms with Gasteiger partial charge in [-0.25, -0.2) is 8.42 Å². The number of sulfonamides is 1. The van der Waals surface area contributed by atoms with Gasteiger partial charge in [0.15, 0.2) is 0 Å². The van der Waals surface area contributed by atoms with E-state index in [4.69, 9.17) is 23.2 Å². The Labute approximate surface area is 262 Å². The molecule has 7 nitrogen and oxygen atoms in total. The Balaban J connectivity index is 1.41. The van der Waals surface area contributed by atoms with Gasteiger partial charge in [-0.3, -0.25) is 13.9 Å². The van der Waals surface area contributed by atoms with Crippen LogP contribution in [0.5, 0.6) is 0 Å². The molecule has 1 N–H and O–H groups in total. The van der Waals surface area contributed by atoms with Crippen molar-refractivity contribution in [3.63, 3.8) is 0 Å². The third-order valence-corrected chi connectivity index (χ3v) is 10.1. The van der Waals surface area contributed by atoms with E-state index in [2.05, 4.69) is 5.32 Å². The van der Waals surface area contributed by atoms with E-state index in [1.165, 1.54) is 4.31 Å². The van der Waals surface area contributed by atoms with Crippen LogP contribution in [0.3, 0.4) is 0 Å². The van der Waals surface area contributed by atoms with Gasteiger partial charge >= 0.3 is 0 Å². The second-order valence-corrected chi connectivity index (χ2v) is 13.2. The lowest BCUT2D eigenvalue weighted by Crippen LogP contribution is -2.50. The zero-order valence-corrected chi connectivity index (χ0v) is 26.1. The normalized spacial score (nSPS) is 14.1. The number of amides is 2. The average Bonchev–Trinajstić information content (AvgIpc) is 3.22. The van der Waals surface area contributed by atoms with Crippen molar-refractivity contribution in [1.82, 2.24) is 10.2 Å². The molecule has 5 rings (SSSR count). The predicted octanol–water partition coefficient (Wildman–Crippen LogP) is 6.60. The molecule has 0 saturated carbocycles. The highest BCUT2D eigenvalue weighted by atomic mass is 35.5. The van der Waals surface area contributed by atoms with E-state index in [1.54, 1.807) is 41.3 Å². The molecule has 0 bridgehead atoms. The van der Waals surface area contributed by atoms with Crippen LogP contribution in [0.15, 0.2) is 89.8 Å². The van der Waals surface area contributed by atoms with Crippen LogP contribution >= 0.6 is 23.2 Å². The van der Waals surface area contributed by atoms with Crippen molar-refractivity contribution in [2.24, 2.45) is 0 Å². The Bertz CT molecular complexity index is 1740. The van der Waals surface area contributed by atoms with Crippen molar-refractivity contribution >= 4 is 61.5 Å². The molecule has 0 aromatic heterocycles. The lowest BCUT2D eigenvalue weighted by atomic mass is 10.0. The summed E-state index contributed by atoms with van der Waals surface area (Å²) in [7, 11) is -3.74. The Morgan fingerprint density at radius 2 is 1.70 bits per heavy atom. The third kappa shape index (κ3) is 6.66. The molecule has 0 radical (unpaired) electrons. The van der Waals surface area contributed by atoms with E-state index in [1.807, 2.05) is 55.5 Å². The van der Waals surface area contributed by atoms with Crippen molar-refractivity contribution in [2.75, 3.05) is 17.4 Å². The Morgan fingerprint density at radius 3 is 2.42 bits per heavy atom. The quantitative estimate of drug-likeness (QED) is 0.190. The molecular formula is C33H33Cl2N3O4S. The summed E-state index contributed by atoms with van der Waals surface area (Å²) >= 11 is 12.6. The maximum absolute atomic E-state index is 14.0. The molecule has 2 amide bonds. The van der Waals surface area contributed by atoms with Crippen LogP contribution in [-0.2, 0) is 32.6 Å². The first-order valence-electron chi connectivity index (χ1n) is 14.3. The van der Waals surface area contributed by atoms with Crippen LogP contribution in [0.25, 0.3) is 10.8 Å². The summed E-state index contributed by atoms with van der Waals surface area (Å²) in [6.07, 6.45) is 1.36. The van der Waals surface area contributed by atoms with Crippen LogP contribution in [0.4, 0.5) is 5.69 Å². The van der Waals surface area contributed by atoms with Crippen LogP contribution < -0.4 is 9.62 Å². The first-order valence-corrected chi connectivity index (χ1v) is 16.5. The number of halogens is 2. The maximum Gasteiger partial charge on any atom is 0.265 e. The van der Waals surface area contributed by atoms with Gasteiger partial charge in [0.05, 0.1) is 10.6 Å². The summed E-state index contributed by atoms with van der Waals surface area (Å²) in [5, 5.41) is 5.37. The summed E-state index contributed by atoms with van der Waals surface area (Å²) < 4.78 is 28.3. The van der Waals surface area contributed by atoms with Gasteiger partial charge < -0.3 is 10.2 Å². The summed E-state index contributed by atoms with van der Waals surface area (Å²) in [6.45, 7) is 2.67. The van der Waals surface area contributed by atoms with E-state index in [0.29, 0.717) is 39.6 Å². The molecule has 0 spiro atoms. The minimum absolute atomic E-state index is 0.0376. The van der Waals surface area contributed by atoms with E-state index in [-0.39, 0.29) is 42.6 Å². The molecule has 1 aliphatic rings. The minimum Gasteiger partial charge on any atom is -0.354 e. The van der Waals surface area contributed by atoms with Crippen molar-refractivity contribution in [1.29, 1.82) is 0 Å². The summed E-state index contributed by atoms with van der Waals surface area (Å²) in [6, 6.07) is 24.6. The number of hydrogen-bond donors (Lipinski definition) is 1. The highest BCUT2D eigenvalue weighted by Gasteiger charge is 2.36. The summed E-state index contributed by atoms with van der Waals surface area (Å²) in [4.78, 5) is 29.4. The largest absolute Gasteiger partial charge is 0.354 e. The van der Waals surface area contributed by atoms with Gasteiger partial charge in [-0.05, 0) is 53.6 Å². The fourth-order valence-corrected chi connectivity index (χ4v) is 7.69. The number of hydrogen-bond acceptors (Lipinski definition) is 4.